The molecule has 0 atom stereocenters. The average molecular weight is 196 g/mol. The summed E-state index contributed by atoms with van der Waals surface area (Å²) in [6, 6.07) is 0. The van der Waals surface area contributed by atoms with E-state index >= 15 is 0 Å². The zero-order chi connectivity index (χ0) is 10.8. The van der Waals surface area contributed by atoms with Gasteiger partial charge in [-0.15, -0.1) is 0 Å². The number of aromatic nitrogens is 2. The second-order valence-corrected chi connectivity index (χ2v) is 3.77. The summed E-state index contributed by atoms with van der Waals surface area (Å²) in [6.45, 7) is 5.17. The molecule has 5 heteroatoms. The maximum absolute atomic E-state index is 11.4. The number of ether oxygens (including phenoxy) is 1. The largest absolute Gasteiger partial charge is 0.455 e. The van der Waals surface area contributed by atoms with Crippen molar-refractivity contribution in [1.29, 1.82) is 0 Å². The van der Waals surface area contributed by atoms with Crippen molar-refractivity contribution in [3.63, 3.8) is 0 Å². The number of hydrogen-bond acceptors (Lipinski definition) is 4. The predicted molar refractivity (Wildman–Crippen MR) is 50.0 cm³/mol. The lowest BCUT2D eigenvalue weighted by atomic mass is 10.2. The molecule has 0 unspecified atom stereocenters. The van der Waals surface area contributed by atoms with E-state index in [1.807, 2.05) is 0 Å². The summed E-state index contributed by atoms with van der Waals surface area (Å²) in [7, 11) is 0. The van der Waals surface area contributed by atoms with Crippen LogP contribution in [0.3, 0.4) is 0 Å². The first-order valence-electron chi connectivity index (χ1n) is 4.17. The summed E-state index contributed by atoms with van der Waals surface area (Å²) in [4.78, 5) is 28.5. The molecule has 5 nitrogen and oxygen atoms in total. The summed E-state index contributed by atoms with van der Waals surface area (Å²) in [5.74, 6) is -0.709. The van der Waals surface area contributed by atoms with Crippen LogP contribution in [0.15, 0.2) is 17.2 Å². The lowest BCUT2D eigenvalue weighted by molar-refractivity contribution is 0.00606. The third kappa shape index (κ3) is 2.69. The highest BCUT2D eigenvalue weighted by molar-refractivity contribution is 5.86. The highest BCUT2D eigenvalue weighted by Crippen LogP contribution is 2.08. The average Bonchev–Trinajstić information content (AvgIpc) is 2.01. The van der Waals surface area contributed by atoms with Crippen molar-refractivity contribution in [3.8, 4) is 0 Å². The zero-order valence-corrected chi connectivity index (χ0v) is 8.33. The second kappa shape index (κ2) is 3.61. The van der Waals surface area contributed by atoms with E-state index in [9.17, 15) is 9.59 Å². The van der Waals surface area contributed by atoms with Gasteiger partial charge in [-0.05, 0) is 20.8 Å². The Morgan fingerprint density at radius 1 is 1.50 bits per heavy atom. The van der Waals surface area contributed by atoms with Crippen LogP contribution < -0.4 is 5.56 Å². The third-order valence-electron chi connectivity index (χ3n) is 1.30. The molecular formula is C9H12N2O3. The number of nitrogens with zero attached hydrogens (tertiary/aromatic N) is 1. The van der Waals surface area contributed by atoms with Gasteiger partial charge in [-0.1, -0.05) is 0 Å². The van der Waals surface area contributed by atoms with Gasteiger partial charge in [0.05, 0.1) is 0 Å². The monoisotopic (exact) mass is 196 g/mol. The number of carbonyl (C=O) groups is 1. The van der Waals surface area contributed by atoms with E-state index in [1.165, 1.54) is 12.4 Å². The molecule has 0 amide bonds. The van der Waals surface area contributed by atoms with E-state index in [0.29, 0.717) is 0 Å². The molecule has 0 aliphatic heterocycles. The van der Waals surface area contributed by atoms with Crippen LogP contribution in [-0.4, -0.2) is 21.5 Å². The summed E-state index contributed by atoms with van der Waals surface area (Å²) >= 11 is 0. The number of H-pyrrole nitrogens is 1. The Bertz CT molecular complexity index is 390. The number of esters is 1. The van der Waals surface area contributed by atoms with Crippen molar-refractivity contribution < 1.29 is 9.53 Å². The summed E-state index contributed by atoms with van der Waals surface area (Å²) in [5, 5.41) is 0. The fourth-order valence-electron chi connectivity index (χ4n) is 0.824. The van der Waals surface area contributed by atoms with E-state index in [4.69, 9.17) is 4.74 Å². The summed E-state index contributed by atoms with van der Waals surface area (Å²) in [5.41, 5.74) is -1.38. The Hall–Kier alpha value is -1.65. The van der Waals surface area contributed by atoms with Crippen LogP contribution in [0.25, 0.3) is 0 Å². The van der Waals surface area contributed by atoms with Crippen molar-refractivity contribution in [2.75, 3.05) is 0 Å². The molecule has 14 heavy (non-hydrogen) atoms. The van der Waals surface area contributed by atoms with Gasteiger partial charge in [-0.3, -0.25) is 4.79 Å². The molecule has 76 valence electrons. The van der Waals surface area contributed by atoms with Gasteiger partial charge in [0.15, 0.2) is 0 Å². The normalized spacial score (nSPS) is 11.1. The molecule has 0 fully saturated rings. The molecule has 0 radical (unpaired) electrons. The number of carbonyl (C=O) groups excluding carboxylic acids is 1. The molecule has 1 rings (SSSR count). The highest BCUT2D eigenvalue weighted by atomic mass is 16.6. The maximum atomic E-state index is 11.4. The van der Waals surface area contributed by atoms with Crippen LogP contribution in [0.5, 0.6) is 0 Å². The van der Waals surface area contributed by atoms with Crippen molar-refractivity contribution in [3.05, 3.63) is 28.4 Å². The number of hydrogen-bond donors (Lipinski definition) is 1. The van der Waals surface area contributed by atoms with Crippen LogP contribution in [-0.2, 0) is 4.74 Å². The minimum atomic E-state index is -0.709. The molecule has 0 aromatic carbocycles. The minimum Gasteiger partial charge on any atom is -0.455 e. The van der Waals surface area contributed by atoms with Gasteiger partial charge in [0.1, 0.15) is 5.60 Å². The first-order valence-corrected chi connectivity index (χ1v) is 4.17. The quantitative estimate of drug-likeness (QED) is 0.672. The smallest absolute Gasteiger partial charge is 0.363 e. The molecule has 0 saturated carbocycles. The Morgan fingerprint density at radius 2 is 2.14 bits per heavy atom. The van der Waals surface area contributed by atoms with Gasteiger partial charge in [0.25, 0.3) is 5.56 Å². The second-order valence-electron chi connectivity index (χ2n) is 3.77. The molecule has 0 spiro atoms. The van der Waals surface area contributed by atoms with E-state index in [1.54, 1.807) is 20.8 Å². The lowest BCUT2D eigenvalue weighted by Crippen LogP contribution is -2.29. The first kappa shape index (κ1) is 10.4. The van der Waals surface area contributed by atoms with Gasteiger partial charge < -0.3 is 9.72 Å². The third-order valence-corrected chi connectivity index (χ3v) is 1.30. The minimum absolute atomic E-state index is 0.220. The lowest BCUT2D eigenvalue weighted by Gasteiger charge is -2.18. The van der Waals surface area contributed by atoms with Gasteiger partial charge in [-0.25, -0.2) is 9.78 Å². The molecule has 1 aromatic heterocycles. The molecule has 0 aliphatic carbocycles. The van der Waals surface area contributed by atoms with Crippen LogP contribution in [0.2, 0.25) is 0 Å². The van der Waals surface area contributed by atoms with Crippen LogP contribution >= 0.6 is 0 Å². The van der Waals surface area contributed by atoms with Crippen molar-refractivity contribution in [2.45, 2.75) is 26.4 Å². The van der Waals surface area contributed by atoms with Crippen molar-refractivity contribution in [2.24, 2.45) is 0 Å². The van der Waals surface area contributed by atoms with Crippen molar-refractivity contribution in [1.82, 2.24) is 9.97 Å². The van der Waals surface area contributed by atoms with E-state index in [2.05, 4.69) is 9.97 Å². The number of aromatic amines is 1. The molecule has 1 aromatic rings. The predicted octanol–water partition coefficient (Wildman–Crippen LogP) is 0.725. The Kier molecular flexibility index (Phi) is 2.69. The van der Waals surface area contributed by atoms with Crippen molar-refractivity contribution >= 4 is 5.97 Å². The molecule has 0 aliphatic rings. The Balaban J connectivity index is 2.92. The van der Waals surface area contributed by atoms with Crippen LogP contribution in [0.1, 0.15) is 31.3 Å². The van der Waals surface area contributed by atoms with Gasteiger partial charge in [0, 0.05) is 12.4 Å². The van der Waals surface area contributed by atoms with Crippen LogP contribution in [0.4, 0.5) is 0 Å². The highest BCUT2D eigenvalue weighted by Gasteiger charge is 2.20. The Morgan fingerprint density at radius 3 is 2.64 bits per heavy atom. The molecule has 1 N–H and O–H groups in total. The molecule has 0 saturated heterocycles. The van der Waals surface area contributed by atoms with E-state index < -0.39 is 17.1 Å². The summed E-state index contributed by atoms with van der Waals surface area (Å²) < 4.78 is 4.98. The van der Waals surface area contributed by atoms with Gasteiger partial charge in [-0.2, -0.15) is 0 Å². The zero-order valence-electron chi connectivity index (χ0n) is 8.33. The fraction of sp³-hybridized carbons (Fsp3) is 0.444. The van der Waals surface area contributed by atoms with E-state index in [0.717, 1.165) is 0 Å². The van der Waals surface area contributed by atoms with Gasteiger partial charge >= 0.3 is 5.97 Å². The number of nitrogens with one attached hydrogen (secondary N) is 1. The Labute approximate surface area is 81.1 Å². The van der Waals surface area contributed by atoms with Crippen LogP contribution in [0, 0.1) is 0 Å². The fourth-order valence-corrected chi connectivity index (χ4v) is 0.824. The standard InChI is InChI=1S/C9H12N2O3/c1-9(2,3)14-8(13)6-7(12)11-5-4-10-6/h4-5H,1-3H3,(H,11,12). The molecular weight excluding hydrogens is 184 g/mol. The van der Waals surface area contributed by atoms with E-state index in [-0.39, 0.29) is 5.69 Å². The maximum Gasteiger partial charge on any atom is 0.363 e. The molecule has 0 bridgehead atoms. The van der Waals surface area contributed by atoms with Gasteiger partial charge in [0.2, 0.25) is 5.69 Å². The topological polar surface area (TPSA) is 72.0 Å². The molecule has 1 heterocycles. The summed E-state index contributed by atoms with van der Waals surface area (Å²) in [6.07, 6.45) is 2.69. The SMILES string of the molecule is CC(C)(C)OC(=O)c1ncc[nH]c1=O. The number of rotatable bonds is 1. The first-order chi connectivity index (χ1) is 6.40.